The van der Waals surface area contributed by atoms with Gasteiger partial charge in [0, 0.05) is 0 Å². The van der Waals surface area contributed by atoms with Gasteiger partial charge in [0.25, 0.3) is 0 Å². The van der Waals surface area contributed by atoms with E-state index in [4.69, 9.17) is 9.84 Å². The molecule has 0 aliphatic carbocycles. The van der Waals surface area contributed by atoms with Crippen molar-refractivity contribution in [3.63, 3.8) is 0 Å². The molecular weight excluding hydrogens is 239 g/mol. The number of halogens is 1. The quantitative estimate of drug-likeness (QED) is 0.873. The number of carboxylic acid groups (broad SMARTS) is 1. The Morgan fingerprint density at radius 3 is 2.89 bits per heavy atom. The molecule has 0 aliphatic rings. The van der Waals surface area contributed by atoms with Crippen LogP contribution < -0.4 is 4.74 Å². The number of hydrogen-bond donors (Lipinski definition) is 2. The first-order valence-corrected chi connectivity index (χ1v) is 5.33. The molecule has 1 aromatic heterocycles. The van der Waals surface area contributed by atoms with E-state index in [1.54, 1.807) is 6.92 Å². The van der Waals surface area contributed by atoms with Gasteiger partial charge in [0.2, 0.25) is 5.95 Å². The van der Waals surface area contributed by atoms with Gasteiger partial charge in [0.15, 0.2) is 0 Å². The number of carbonyl (C=O) groups is 1. The molecule has 2 aromatic rings. The maximum Gasteiger partial charge on any atom is 0.335 e. The summed E-state index contributed by atoms with van der Waals surface area (Å²) in [4.78, 5) is 17.2. The van der Waals surface area contributed by atoms with E-state index in [9.17, 15) is 9.18 Å². The summed E-state index contributed by atoms with van der Waals surface area (Å²) in [6, 6.07) is 4.34. The smallest absolute Gasteiger partial charge is 0.335 e. The minimum Gasteiger partial charge on any atom is -0.493 e. The van der Waals surface area contributed by atoms with Gasteiger partial charge < -0.3 is 14.8 Å². The van der Waals surface area contributed by atoms with Crippen molar-refractivity contribution in [1.82, 2.24) is 9.97 Å². The predicted octanol–water partition coefficient (Wildman–Crippen LogP) is 2.31. The minimum atomic E-state index is -1.05. The summed E-state index contributed by atoms with van der Waals surface area (Å²) >= 11 is 0. The summed E-state index contributed by atoms with van der Waals surface area (Å²) in [5, 5.41) is 8.90. The van der Waals surface area contributed by atoms with E-state index in [1.807, 2.05) is 0 Å². The normalized spacial score (nSPS) is 10.3. The lowest BCUT2D eigenvalue weighted by Gasteiger charge is -2.09. The van der Waals surface area contributed by atoms with Crippen molar-refractivity contribution in [1.29, 1.82) is 0 Å². The molecule has 0 unspecified atom stereocenters. The third-order valence-corrected chi connectivity index (χ3v) is 2.33. The van der Waals surface area contributed by atoms with Crippen LogP contribution in [0.25, 0.3) is 11.4 Å². The molecule has 5 nitrogen and oxygen atoms in total. The van der Waals surface area contributed by atoms with E-state index in [2.05, 4.69) is 9.97 Å². The number of H-pyrrole nitrogens is 1. The molecule has 18 heavy (non-hydrogen) atoms. The van der Waals surface area contributed by atoms with Gasteiger partial charge in [0.05, 0.1) is 23.9 Å². The molecule has 6 heteroatoms. The topological polar surface area (TPSA) is 75.2 Å². The summed E-state index contributed by atoms with van der Waals surface area (Å²) in [7, 11) is 0. The van der Waals surface area contributed by atoms with Crippen molar-refractivity contribution >= 4 is 5.97 Å². The lowest BCUT2D eigenvalue weighted by molar-refractivity contribution is 0.0696. The van der Waals surface area contributed by atoms with E-state index in [0.29, 0.717) is 23.7 Å². The Morgan fingerprint density at radius 1 is 1.56 bits per heavy atom. The van der Waals surface area contributed by atoms with Crippen molar-refractivity contribution < 1.29 is 19.0 Å². The Labute approximate surface area is 102 Å². The highest BCUT2D eigenvalue weighted by molar-refractivity contribution is 5.89. The molecule has 0 saturated heterocycles. The largest absolute Gasteiger partial charge is 0.493 e. The maximum atomic E-state index is 12.9. The highest BCUT2D eigenvalue weighted by atomic mass is 19.1. The number of benzene rings is 1. The van der Waals surface area contributed by atoms with Crippen LogP contribution in [0.5, 0.6) is 5.75 Å². The number of carboxylic acids is 1. The highest BCUT2D eigenvalue weighted by Crippen LogP contribution is 2.29. The van der Waals surface area contributed by atoms with Crippen LogP contribution in [0.3, 0.4) is 0 Å². The van der Waals surface area contributed by atoms with Crippen LogP contribution in [-0.2, 0) is 0 Å². The molecule has 2 N–H and O–H groups in total. The van der Waals surface area contributed by atoms with E-state index >= 15 is 0 Å². The van der Waals surface area contributed by atoms with Crippen molar-refractivity contribution in [2.24, 2.45) is 0 Å². The summed E-state index contributed by atoms with van der Waals surface area (Å²) in [6.07, 6.45) is 1.05. The monoisotopic (exact) mass is 250 g/mol. The third kappa shape index (κ3) is 2.32. The van der Waals surface area contributed by atoms with Crippen LogP contribution in [0.15, 0.2) is 24.4 Å². The second-order valence-corrected chi connectivity index (χ2v) is 3.53. The van der Waals surface area contributed by atoms with Crippen molar-refractivity contribution in [3.8, 4) is 17.1 Å². The van der Waals surface area contributed by atoms with Gasteiger partial charge in [0.1, 0.15) is 11.6 Å². The first-order chi connectivity index (χ1) is 8.61. The first-order valence-electron chi connectivity index (χ1n) is 5.33. The number of aromatic nitrogens is 2. The lowest BCUT2D eigenvalue weighted by atomic mass is 10.1. The second-order valence-electron chi connectivity index (χ2n) is 3.53. The Balaban J connectivity index is 2.49. The van der Waals surface area contributed by atoms with Gasteiger partial charge in [-0.05, 0) is 25.1 Å². The van der Waals surface area contributed by atoms with Gasteiger partial charge >= 0.3 is 5.97 Å². The van der Waals surface area contributed by atoms with Crippen LogP contribution in [0.2, 0.25) is 0 Å². The SMILES string of the molecule is CCOc1cc(C(=O)O)ccc1-c1ncc(F)[nH]1. The van der Waals surface area contributed by atoms with Crippen molar-refractivity contribution in [2.75, 3.05) is 6.61 Å². The third-order valence-electron chi connectivity index (χ3n) is 2.33. The molecule has 0 radical (unpaired) electrons. The zero-order valence-corrected chi connectivity index (χ0v) is 9.61. The molecule has 0 spiro atoms. The van der Waals surface area contributed by atoms with E-state index in [-0.39, 0.29) is 5.56 Å². The molecule has 0 saturated carbocycles. The average molecular weight is 250 g/mol. The van der Waals surface area contributed by atoms with Crippen LogP contribution >= 0.6 is 0 Å². The fraction of sp³-hybridized carbons (Fsp3) is 0.167. The van der Waals surface area contributed by atoms with Crippen LogP contribution in [0, 0.1) is 5.95 Å². The highest BCUT2D eigenvalue weighted by Gasteiger charge is 2.13. The Morgan fingerprint density at radius 2 is 2.33 bits per heavy atom. The summed E-state index contributed by atoms with van der Waals surface area (Å²) in [5.74, 6) is -0.956. The average Bonchev–Trinajstić information content (AvgIpc) is 2.76. The molecule has 0 fully saturated rings. The molecule has 1 aromatic carbocycles. The van der Waals surface area contributed by atoms with Gasteiger partial charge in [-0.2, -0.15) is 4.39 Å². The van der Waals surface area contributed by atoms with Crippen molar-refractivity contribution in [3.05, 3.63) is 35.9 Å². The zero-order valence-electron chi connectivity index (χ0n) is 9.61. The minimum absolute atomic E-state index is 0.106. The van der Waals surface area contributed by atoms with E-state index in [1.165, 1.54) is 18.2 Å². The number of imidazole rings is 1. The van der Waals surface area contributed by atoms with Gasteiger partial charge in [-0.1, -0.05) is 0 Å². The number of ether oxygens (including phenoxy) is 1. The number of aromatic carboxylic acids is 1. The lowest BCUT2D eigenvalue weighted by Crippen LogP contribution is -2.00. The number of rotatable bonds is 4. The molecule has 0 atom stereocenters. The molecule has 0 aliphatic heterocycles. The predicted molar refractivity (Wildman–Crippen MR) is 62.1 cm³/mol. The van der Waals surface area contributed by atoms with Gasteiger partial charge in [-0.3, -0.25) is 0 Å². The molecule has 94 valence electrons. The van der Waals surface area contributed by atoms with Crippen LogP contribution in [-0.4, -0.2) is 27.7 Å². The van der Waals surface area contributed by atoms with Crippen molar-refractivity contribution in [2.45, 2.75) is 6.92 Å². The standard InChI is InChI=1S/C12H11FN2O3/c1-2-18-9-5-7(12(16)17)3-4-8(9)11-14-6-10(13)15-11/h3-6H,2H2,1H3,(H,14,15)(H,16,17). The summed E-state index contributed by atoms with van der Waals surface area (Å²) < 4.78 is 18.2. The van der Waals surface area contributed by atoms with Gasteiger partial charge in [-0.15, -0.1) is 0 Å². The van der Waals surface area contributed by atoms with Gasteiger partial charge in [-0.25, -0.2) is 9.78 Å². The molecular formula is C12H11FN2O3. The molecule has 0 bridgehead atoms. The van der Waals surface area contributed by atoms with Crippen LogP contribution in [0.4, 0.5) is 4.39 Å². The van der Waals surface area contributed by atoms with E-state index < -0.39 is 11.9 Å². The summed E-state index contributed by atoms with van der Waals surface area (Å²) in [5.41, 5.74) is 0.625. The Kier molecular flexibility index (Phi) is 3.27. The van der Waals surface area contributed by atoms with Crippen LogP contribution in [0.1, 0.15) is 17.3 Å². The Hall–Kier alpha value is -2.37. The number of hydrogen-bond acceptors (Lipinski definition) is 3. The Bertz CT molecular complexity index is 580. The zero-order chi connectivity index (χ0) is 13.1. The fourth-order valence-corrected chi connectivity index (χ4v) is 1.56. The molecule has 2 rings (SSSR count). The number of nitrogens with zero attached hydrogens (tertiary/aromatic N) is 1. The number of nitrogens with one attached hydrogen (secondary N) is 1. The first kappa shape index (κ1) is 12.1. The number of aromatic amines is 1. The molecule has 0 amide bonds. The van der Waals surface area contributed by atoms with E-state index in [0.717, 1.165) is 6.20 Å². The maximum absolute atomic E-state index is 12.9. The summed E-state index contributed by atoms with van der Waals surface area (Å²) in [6.45, 7) is 2.15. The fourth-order valence-electron chi connectivity index (χ4n) is 1.56. The second kappa shape index (κ2) is 4.87. The molecule has 1 heterocycles.